The van der Waals surface area contributed by atoms with Crippen LogP contribution in [0, 0.1) is 0 Å². The number of hydrogen-bond acceptors (Lipinski definition) is 5. The highest BCUT2D eigenvalue weighted by molar-refractivity contribution is 7.07. The number of anilines is 2. The molecule has 0 fully saturated rings. The van der Waals surface area contributed by atoms with Gasteiger partial charge in [0.2, 0.25) is 5.95 Å². The lowest BCUT2D eigenvalue weighted by atomic mass is 10.2. The lowest BCUT2D eigenvalue weighted by Crippen LogP contribution is -2.14. The van der Waals surface area contributed by atoms with E-state index in [1.807, 2.05) is 25.1 Å². The normalized spacial score (nSPS) is 10.2. The molecule has 0 spiro atoms. The van der Waals surface area contributed by atoms with Crippen LogP contribution in [-0.2, 0) is 6.42 Å². The van der Waals surface area contributed by atoms with Gasteiger partial charge >= 0.3 is 0 Å². The Labute approximate surface area is 105 Å². The molecule has 1 N–H and O–H groups in total. The maximum atomic E-state index is 4.40. The Morgan fingerprint density at radius 1 is 1.35 bits per heavy atom. The van der Waals surface area contributed by atoms with Gasteiger partial charge in [-0.2, -0.15) is 16.3 Å². The molecular formula is C12H16N4S. The third kappa shape index (κ3) is 3.42. The summed E-state index contributed by atoms with van der Waals surface area (Å²) in [5.41, 5.74) is 1.37. The summed E-state index contributed by atoms with van der Waals surface area (Å²) in [5, 5.41) is 7.58. The van der Waals surface area contributed by atoms with Crippen LogP contribution in [0.25, 0.3) is 0 Å². The largest absolute Gasteiger partial charge is 0.370 e. The minimum atomic E-state index is 0.727. The lowest BCUT2D eigenvalue weighted by molar-refractivity contribution is 0.971. The molecule has 0 atom stereocenters. The average molecular weight is 248 g/mol. The molecule has 0 aliphatic heterocycles. The van der Waals surface area contributed by atoms with Gasteiger partial charge in [0.15, 0.2) is 0 Å². The fraction of sp³-hybridized carbons (Fsp3) is 0.333. The van der Waals surface area contributed by atoms with Crippen LogP contribution in [0.1, 0.15) is 5.56 Å². The van der Waals surface area contributed by atoms with Crippen molar-refractivity contribution in [3.63, 3.8) is 0 Å². The highest BCUT2D eigenvalue weighted by atomic mass is 32.1. The van der Waals surface area contributed by atoms with E-state index in [9.17, 15) is 0 Å². The second-order valence-electron chi connectivity index (χ2n) is 3.94. The first-order valence-corrected chi connectivity index (χ1v) is 6.45. The van der Waals surface area contributed by atoms with Crippen molar-refractivity contribution < 1.29 is 0 Å². The quantitative estimate of drug-likeness (QED) is 0.881. The third-order valence-corrected chi connectivity index (χ3v) is 3.07. The minimum Gasteiger partial charge on any atom is -0.370 e. The summed E-state index contributed by atoms with van der Waals surface area (Å²) in [6.07, 6.45) is 2.79. The predicted octanol–water partition coefficient (Wildman–Crippen LogP) is 2.26. The van der Waals surface area contributed by atoms with E-state index in [0.717, 1.165) is 24.7 Å². The smallest absolute Gasteiger partial charge is 0.226 e. The molecule has 4 nitrogen and oxygen atoms in total. The van der Waals surface area contributed by atoms with Crippen molar-refractivity contribution in [2.45, 2.75) is 6.42 Å². The molecule has 0 saturated heterocycles. The Kier molecular flexibility index (Phi) is 3.93. The molecular weight excluding hydrogens is 232 g/mol. The van der Waals surface area contributed by atoms with Gasteiger partial charge in [-0.3, -0.25) is 0 Å². The molecule has 0 radical (unpaired) electrons. The molecule has 2 aromatic heterocycles. The van der Waals surface area contributed by atoms with E-state index in [1.54, 1.807) is 17.5 Å². The van der Waals surface area contributed by atoms with E-state index in [2.05, 4.69) is 32.1 Å². The molecule has 0 saturated carbocycles. The summed E-state index contributed by atoms with van der Waals surface area (Å²) in [4.78, 5) is 10.5. The molecule has 2 aromatic rings. The highest BCUT2D eigenvalue weighted by Crippen LogP contribution is 2.09. The van der Waals surface area contributed by atoms with Gasteiger partial charge in [-0.15, -0.1) is 0 Å². The minimum absolute atomic E-state index is 0.727. The van der Waals surface area contributed by atoms with Crippen molar-refractivity contribution in [1.29, 1.82) is 0 Å². The Hall–Kier alpha value is -1.62. The SMILES string of the molecule is CN(C)c1nccc(NCCc2ccsc2)n1. The van der Waals surface area contributed by atoms with Crippen LogP contribution in [0.15, 0.2) is 29.1 Å². The molecule has 0 aromatic carbocycles. The Balaban J connectivity index is 1.88. The zero-order chi connectivity index (χ0) is 12.1. The van der Waals surface area contributed by atoms with Crippen LogP contribution >= 0.6 is 11.3 Å². The number of aromatic nitrogens is 2. The van der Waals surface area contributed by atoms with E-state index in [-0.39, 0.29) is 0 Å². The maximum absolute atomic E-state index is 4.40. The topological polar surface area (TPSA) is 41.1 Å². The maximum Gasteiger partial charge on any atom is 0.226 e. The molecule has 0 aliphatic rings. The third-order valence-electron chi connectivity index (χ3n) is 2.34. The van der Waals surface area contributed by atoms with Gasteiger partial charge < -0.3 is 10.2 Å². The number of nitrogens with one attached hydrogen (secondary N) is 1. The molecule has 17 heavy (non-hydrogen) atoms. The van der Waals surface area contributed by atoms with E-state index < -0.39 is 0 Å². The molecule has 0 bridgehead atoms. The van der Waals surface area contributed by atoms with Crippen molar-refractivity contribution in [1.82, 2.24) is 9.97 Å². The summed E-state index contributed by atoms with van der Waals surface area (Å²) in [6, 6.07) is 4.04. The second-order valence-corrected chi connectivity index (χ2v) is 4.72. The van der Waals surface area contributed by atoms with E-state index in [0.29, 0.717) is 0 Å². The van der Waals surface area contributed by atoms with Crippen molar-refractivity contribution >= 4 is 23.1 Å². The molecule has 0 aliphatic carbocycles. The monoisotopic (exact) mass is 248 g/mol. The number of rotatable bonds is 5. The zero-order valence-corrected chi connectivity index (χ0v) is 10.9. The number of thiophene rings is 1. The Morgan fingerprint density at radius 3 is 2.94 bits per heavy atom. The molecule has 0 amide bonds. The van der Waals surface area contributed by atoms with Gasteiger partial charge in [0.05, 0.1) is 0 Å². The van der Waals surface area contributed by atoms with Crippen LogP contribution in [0.5, 0.6) is 0 Å². The van der Waals surface area contributed by atoms with Gasteiger partial charge in [-0.05, 0) is 34.9 Å². The molecule has 2 heterocycles. The first kappa shape index (κ1) is 11.9. The summed E-state index contributed by atoms with van der Waals surface area (Å²) in [5.74, 6) is 1.60. The summed E-state index contributed by atoms with van der Waals surface area (Å²) in [6.45, 7) is 0.889. The summed E-state index contributed by atoms with van der Waals surface area (Å²) >= 11 is 1.73. The highest BCUT2D eigenvalue weighted by Gasteiger charge is 2.00. The van der Waals surface area contributed by atoms with Gasteiger partial charge in [-0.25, -0.2) is 4.98 Å². The van der Waals surface area contributed by atoms with E-state index >= 15 is 0 Å². The Bertz CT molecular complexity index is 453. The summed E-state index contributed by atoms with van der Waals surface area (Å²) in [7, 11) is 3.87. The second kappa shape index (κ2) is 5.63. The van der Waals surface area contributed by atoms with Gasteiger partial charge in [0, 0.05) is 26.8 Å². The van der Waals surface area contributed by atoms with Gasteiger partial charge in [0.25, 0.3) is 0 Å². The molecule has 90 valence electrons. The van der Waals surface area contributed by atoms with Crippen molar-refractivity contribution in [3.8, 4) is 0 Å². The fourth-order valence-corrected chi connectivity index (χ4v) is 2.14. The van der Waals surface area contributed by atoms with Crippen molar-refractivity contribution in [2.24, 2.45) is 0 Å². The first-order valence-electron chi connectivity index (χ1n) is 5.51. The molecule has 0 unspecified atom stereocenters. The molecule has 5 heteroatoms. The van der Waals surface area contributed by atoms with E-state index in [4.69, 9.17) is 0 Å². The zero-order valence-electron chi connectivity index (χ0n) is 10.1. The van der Waals surface area contributed by atoms with E-state index in [1.165, 1.54) is 5.56 Å². The standard InChI is InChI=1S/C12H16N4S/c1-16(2)12-14-7-4-11(15-12)13-6-3-10-5-8-17-9-10/h4-5,7-9H,3,6H2,1-2H3,(H,13,14,15). The fourth-order valence-electron chi connectivity index (χ4n) is 1.43. The van der Waals surface area contributed by atoms with Crippen molar-refractivity contribution in [3.05, 3.63) is 34.7 Å². The molecule has 2 rings (SSSR count). The van der Waals surface area contributed by atoms with Gasteiger partial charge in [0.1, 0.15) is 5.82 Å². The van der Waals surface area contributed by atoms with Crippen LogP contribution < -0.4 is 10.2 Å². The van der Waals surface area contributed by atoms with Crippen LogP contribution in [0.4, 0.5) is 11.8 Å². The number of hydrogen-bond donors (Lipinski definition) is 1. The first-order chi connectivity index (χ1) is 8.25. The van der Waals surface area contributed by atoms with Crippen LogP contribution in [0.2, 0.25) is 0 Å². The summed E-state index contributed by atoms with van der Waals surface area (Å²) < 4.78 is 0. The number of nitrogens with zero attached hydrogens (tertiary/aromatic N) is 3. The van der Waals surface area contributed by atoms with Crippen LogP contribution in [0.3, 0.4) is 0 Å². The predicted molar refractivity (Wildman–Crippen MR) is 72.9 cm³/mol. The average Bonchev–Trinajstić information content (AvgIpc) is 2.82. The van der Waals surface area contributed by atoms with Crippen LogP contribution in [-0.4, -0.2) is 30.6 Å². The Morgan fingerprint density at radius 2 is 2.24 bits per heavy atom. The lowest BCUT2D eigenvalue weighted by Gasteiger charge is -2.11. The van der Waals surface area contributed by atoms with Gasteiger partial charge in [-0.1, -0.05) is 0 Å². The van der Waals surface area contributed by atoms with Crippen molar-refractivity contribution in [2.75, 3.05) is 30.9 Å².